The average Bonchev–Trinajstić information content (AvgIpc) is 2.22. The molecule has 0 aromatic carbocycles. The second kappa shape index (κ2) is 6.75. The summed E-state index contributed by atoms with van der Waals surface area (Å²) in [6.45, 7) is 8.71. The number of hydrogen-bond donors (Lipinski definition) is 1. The first-order valence-electron chi connectivity index (χ1n) is 6.65. The van der Waals surface area contributed by atoms with Crippen LogP contribution in [0.3, 0.4) is 0 Å². The van der Waals surface area contributed by atoms with Gasteiger partial charge in [-0.1, -0.05) is 26.7 Å². The molecule has 1 atom stereocenters. The van der Waals surface area contributed by atoms with Crippen molar-refractivity contribution in [2.24, 2.45) is 5.92 Å². The highest BCUT2D eigenvalue weighted by molar-refractivity contribution is 5.23. The fraction of sp³-hybridized carbons (Fsp3) is 0.667. The maximum Gasteiger partial charge on any atom is 0.0379 e. The molecule has 0 spiro atoms. The Morgan fingerprint density at radius 3 is 2.18 bits per heavy atom. The van der Waals surface area contributed by atoms with Crippen molar-refractivity contribution >= 4 is 0 Å². The monoisotopic (exact) mass is 234 g/mol. The first kappa shape index (κ1) is 14.2. The molecule has 1 heterocycles. The molecule has 2 heteroatoms. The molecule has 0 saturated heterocycles. The normalized spacial score (nSPS) is 13.1. The Labute approximate surface area is 106 Å². The number of rotatable bonds is 6. The van der Waals surface area contributed by atoms with Crippen LogP contribution in [0.15, 0.2) is 12.1 Å². The van der Waals surface area contributed by atoms with Gasteiger partial charge in [0.25, 0.3) is 0 Å². The van der Waals surface area contributed by atoms with Crippen molar-refractivity contribution in [1.29, 1.82) is 0 Å². The summed E-state index contributed by atoms with van der Waals surface area (Å²) in [4.78, 5) is 4.43. The molecule has 0 saturated carbocycles. The van der Waals surface area contributed by atoms with Crippen LogP contribution in [0.2, 0.25) is 0 Å². The zero-order chi connectivity index (χ0) is 12.8. The minimum Gasteiger partial charge on any atom is -0.313 e. The average molecular weight is 234 g/mol. The van der Waals surface area contributed by atoms with Crippen molar-refractivity contribution in [2.75, 3.05) is 7.05 Å². The van der Waals surface area contributed by atoms with Crippen molar-refractivity contribution in [3.63, 3.8) is 0 Å². The van der Waals surface area contributed by atoms with Gasteiger partial charge in [0.15, 0.2) is 0 Å². The van der Waals surface area contributed by atoms with Gasteiger partial charge in [0, 0.05) is 17.4 Å². The van der Waals surface area contributed by atoms with Crippen molar-refractivity contribution in [2.45, 2.75) is 53.0 Å². The summed E-state index contributed by atoms with van der Waals surface area (Å²) in [7, 11) is 2.05. The fourth-order valence-electron chi connectivity index (χ4n) is 2.28. The largest absolute Gasteiger partial charge is 0.313 e. The third-order valence-electron chi connectivity index (χ3n) is 3.13. The van der Waals surface area contributed by atoms with Crippen molar-refractivity contribution in [1.82, 2.24) is 10.3 Å². The first-order valence-corrected chi connectivity index (χ1v) is 6.65. The number of aryl methyl sites for hydroxylation is 2. The molecule has 0 aliphatic heterocycles. The third-order valence-corrected chi connectivity index (χ3v) is 3.13. The fourth-order valence-corrected chi connectivity index (χ4v) is 2.28. The summed E-state index contributed by atoms with van der Waals surface area (Å²) in [6, 6.07) is 4.86. The van der Waals surface area contributed by atoms with Gasteiger partial charge in [-0.3, -0.25) is 4.98 Å². The van der Waals surface area contributed by atoms with Crippen molar-refractivity contribution in [3.8, 4) is 0 Å². The topological polar surface area (TPSA) is 24.9 Å². The van der Waals surface area contributed by atoms with Gasteiger partial charge < -0.3 is 5.32 Å². The molecule has 0 aliphatic carbocycles. The Hall–Kier alpha value is -0.890. The van der Waals surface area contributed by atoms with E-state index in [9.17, 15) is 0 Å². The zero-order valence-corrected chi connectivity index (χ0v) is 11.9. The molecule has 1 rings (SSSR count). The van der Waals surface area contributed by atoms with Gasteiger partial charge in [-0.2, -0.15) is 0 Å². The van der Waals surface area contributed by atoms with E-state index in [1.54, 1.807) is 0 Å². The highest BCUT2D eigenvalue weighted by atomic mass is 14.9. The van der Waals surface area contributed by atoms with Crippen LogP contribution in [0.1, 0.15) is 56.1 Å². The van der Waals surface area contributed by atoms with Gasteiger partial charge in [0.1, 0.15) is 0 Å². The van der Waals surface area contributed by atoms with E-state index in [-0.39, 0.29) is 0 Å². The maximum atomic E-state index is 4.43. The summed E-state index contributed by atoms with van der Waals surface area (Å²) in [5.41, 5.74) is 3.61. The molecule has 0 aliphatic rings. The molecule has 1 aromatic rings. The van der Waals surface area contributed by atoms with Gasteiger partial charge in [-0.25, -0.2) is 0 Å². The number of aromatic nitrogens is 1. The minimum atomic E-state index is 0.467. The number of pyridine rings is 1. The van der Waals surface area contributed by atoms with Crippen LogP contribution >= 0.6 is 0 Å². The van der Waals surface area contributed by atoms with Crippen LogP contribution in [0, 0.1) is 19.8 Å². The lowest BCUT2D eigenvalue weighted by Crippen LogP contribution is -2.17. The van der Waals surface area contributed by atoms with Gasteiger partial charge in [0.05, 0.1) is 0 Å². The minimum absolute atomic E-state index is 0.467. The molecule has 1 unspecified atom stereocenters. The van der Waals surface area contributed by atoms with Crippen LogP contribution in [0.4, 0.5) is 0 Å². The second-order valence-corrected chi connectivity index (χ2v) is 5.35. The lowest BCUT2D eigenvalue weighted by molar-refractivity contribution is 0.470. The number of hydrogen-bond acceptors (Lipinski definition) is 2. The van der Waals surface area contributed by atoms with Crippen LogP contribution in [-0.4, -0.2) is 12.0 Å². The summed E-state index contributed by atoms with van der Waals surface area (Å²) in [6.07, 6.45) is 3.79. The van der Waals surface area contributed by atoms with Crippen molar-refractivity contribution < 1.29 is 0 Å². The van der Waals surface area contributed by atoms with E-state index in [4.69, 9.17) is 0 Å². The predicted octanol–water partition coefficient (Wildman–Crippen LogP) is 3.79. The lowest BCUT2D eigenvalue weighted by Gasteiger charge is -2.18. The molecule has 0 fully saturated rings. The van der Waals surface area contributed by atoms with E-state index >= 15 is 0 Å². The standard InChI is InChI=1S/C15H26N2/c1-11(2)7-6-8-15(16-5)14-9-12(3)17-13(4)10-14/h9-11,15-16H,6-8H2,1-5H3. The van der Waals surface area contributed by atoms with E-state index < -0.39 is 0 Å². The van der Waals surface area contributed by atoms with E-state index in [1.807, 2.05) is 7.05 Å². The Morgan fingerprint density at radius 2 is 1.71 bits per heavy atom. The first-order chi connectivity index (χ1) is 8.02. The van der Waals surface area contributed by atoms with E-state index in [1.165, 1.54) is 24.8 Å². The maximum absolute atomic E-state index is 4.43. The SMILES string of the molecule is CNC(CCCC(C)C)c1cc(C)nc(C)c1. The molecule has 17 heavy (non-hydrogen) atoms. The molecule has 0 amide bonds. The molecule has 0 bridgehead atoms. The Balaban J connectivity index is 2.65. The highest BCUT2D eigenvalue weighted by Crippen LogP contribution is 2.21. The number of nitrogens with one attached hydrogen (secondary N) is 1. The van der Waals surface area contributed by atoms with Crippen LogP contribution < -0.4 is 5.32 Å². The van der Waals surface area contributed by atoms with Crippen LogP contribution in [0.25, 0.3) is 0 Å². The summed E-state index contributed by atoms with van der Waals surface area (Å²) in [5.74, 6) is 0.799. The zero-order valence-electron chi connectivity index (χ0n) is 11.9. The summed E-state index contributed by atoms with van der Waals surface area (Å²) < 4.78 is 0. The highest BCUT2D eigenvalue weighted by Gasteiger charge is 2.10. The molecular formula is C15H26N2. The third kappa shape index (κ3) is 4.86. The van der Waals surface area contributed by atoms with Gasteiger partial charge in [0.2, 0.25) is 0 Å². The van der Waals surface area contributed by atoms with E-state index in [2.05, 4.69) is 50.1 Å². The van der Waals surface area contributed by atoms with Crippen molar-refractivity contribution in [3.05, 3.63) is 29.1 Å². The van der Waals surface area contributed by atoms with Crippen LogP contribution in [-0.2, 0) is 0 Å². The molecule has 1 aromatic heterocycles. The molecule has 2 nitrogen and oxygen atoms in total. The quantitative estimate of drug-likeness (QED) is 0.810. The van der Waals surface area contributed by atoms with Gasteiger partial charge >= 0.3 is 0 Å². The summed E-state index contributed by atoms with van der Waals surface area (Å²) in [5, 5.41) is 3.42. The van der Waals surface area contributed by atoms with E-state index in [0.29, 0.717) is 6.04 Å². The number of nitrogens with zero attached hydrogens (tertiary/aromatic N) is 1. The Morgan fingerprint density at radius 1 is 1.12 bits per heavy atom. The van der Waals surface area contributed by atoms with Gasteiger partial charge in [-0.15, -0.1) is 0 Å². The molecule has 96 valence electrons. The molecule has 1 N–H and O–H groups in total. The van der Waals surface area contributed by atoms with Gasteiger partial charge in [-0.05, 0) is 50.9 Å². The summed E-state index contributed by atoms with van der Waals surface area (Å²) >= 11 is 0. The Kier molecular flexibility index (Phi) is 5.63. The predicted molar refractivity (Wildman–Crippen MR) is 74.2 cm³/mol. The molecule has 0 radical (unpaired) electrons. The second-order valence-electron chi connectivity index (χ2n) is 5.35. The molecular weight excluding hydrogens is 208 g/mol. The smallest absolute Gasteiger partial charge is 0.0379 e. The van der Waals surface area contributed by atoms with Crippen LogP contribution in [0.5, 0.6) is 0 Å². The Bertz CT molecular complexity index is 325. The van der Waals surface area contributed by atoms with E-state index in [0.717, 1.165) is 17.3 Å². The lowest BCUT2D eigenvalue weighted by atomic mass is 9.98.